The molecule has 7 nitrogen and oxygen atoms in total. The van der Waals surface area contributed by atoms with E-state index in [-0.39, 0.29) is 23.6 Å². The van der Waals surface area contributed by atoms with Gasteiger partial charge in [0.25, 0.3) is 11.5 Å². The lowest BCUT2D eigenvalue weighted by atomic mass is 9.98. The van der Waals surface area contributed by atoms with Gasteiger partial charge in [0, 0.05) is 42.9 Å². The number of nitrogens with zero attached hydrogens (tertiary/aromatic N) is 4. The van der Waals surface area contributed by atoms with Gasteiger partial charge in [-0.2, -0.15) is 5.10 Å². The largest absolute Gasteiger partial charge is 0.497 e. The molecule has 0 radical (unpaired) electrons. The molecule has 2 bridgehead atoms. The van der Waals surface area contributed by atoms with Crippen LogP contribution >= 0.6 is 0 Å². The van der Waals surface area contributed by atoms with Crippen LogP contribution in [0, 0.1) is 0 Å². The summed E-state index contributed by atoms with van der Waals surface area (Å²) in [6.07, 6.45) is 6.17. The minimum absolute atomic E-state index is 0.00677. The second kappa shape index (κ2) is 6.62. The van der Waals surface area contributed by atoms with Gasteiger partial charge in [-0.3, -0.25) is 9.59 Å². The number of hydrogen-bond acceptors (Lipinski definition) is 4. The number of carbonyl (C=O) groups is 1. The summed E-state index contributed by atoms with van der Waals surface area (Å²) in [5.41, 5.74) is 3.53. The molecule has 4 heterocycles. The molecule has 2 aromatic heterocycles. The number of hydrogen-bond donors (Lipinski definition) is 0. The van der Waals surface area contributed by atoms with Gasteiger partial charge in [0.2, 0.25) is 0 Å². The SMILES string of the molecule is COc1ccc(-n2ncc3c2C[C@@H]2CC[C@@H]3N2C(=O)c2ccn(C)c(=O)c2)cc1. The van der Waals surface area contributed by atoms with Gasteiger partial charge in [-0.15, -0.1) is 0 Å². The summed E-state index contributed by atoms with van der Waals surface area (Å²) in [6.45, 7) is 0. The third-order valence-corrected chi connectivity index (χ3v) is 6.09. The van der Waals surface area contributed by atoms with Gasteiger partial charge in [-0.25, -0.2) is 4.68 Å². The van der Waals surface area contributed by atoms with E-state index >= 15 is 0 Å². The van der Waals surface area contributed by atoms with Crippen LogP contribution in [0.4, 0.5) is 0 Å². The monoisotopic (exact) mass is 390 g/mol. The number of pyridine rings is 1. The molecule has 0 spiro atoms. The second-order valence-electron chi connectivity index (χ2n) is 7.68. The summed E-state index contributed by atoms with van der Waals surface area (Å²) >= 11 is 0. The van der Waals surface area contributed by atoms with Crippen molar-refractivity contribution < 1.29 is 9.53 Å². The van der Waals surface area contributed by atoms with Crippen LogP contribution in [0.5, 0.6) is 5.75 Å². The molecule has 3 aromatic rings. The second-order valence-corrected chi connectivity index (χ2v) is 7.68. The maximum atomic E-state index is 13.2. The van der Waals surface area contributed by atoms with E-state index in [1.807, 2.05) is 40.0 Å². The van der Waals surface area contributed by atoms with Crippen LogP contribution in [0.3, 0.4) is 0 Å². The maximum Gasteiger partial charge on any atom is 0.254 e. The minimum Gasteiger partial charge on any atom is -0.497 e. The normalized spacial score (nSPS) is 19.9. The van der Waals surface area contributed by atoms with E-state index in [0.29, 0.717) is 5.56 Å². The topological polar surface area (TPSA) is 69.4 Å². The number of rotatable bonds is 3. The van der Waals surface area contributed by atoms with Gasteiger partial charge >= 0.3 is 0 Å². The van der Waals surface area contributed by atoms with Crippen LogP contribution in [0.25, 0.3) is 5.69 Å². The van der Waals surface area contributed by atoms with Crippen molar-refractivity contribution in [2.24, 2.45) is 7.05 Å². The summed E-state index contributed by atoms with van der Waals surface area (Å²) in [5.74, 6) is 0.735. The van der Waals surface area contributed by atoms with Crippen LogP contribution in [-0.2, 0) is 13.5 Å². The van der Waals surface area contributed by atoms with E-state index < -0.39 is 0 Å². The standard InChI is InChI=1S/C22H22N4O3/c1-24-10-9-14(11-21(24)27)22(28)25-16-5-8-19(25)18-13-23-26(20(18)12-16)15-3-6-17(29-2)7-4-15/h3-4,6-7,9-11,13,16,19H,5,8,12H2,1-2H3/t16-,19-/m0/s1. The fraction of sp³-hybridized carbons (Fsp3) is 0.318. The number of carbonyl (C=O) groups excluding carboxylic acids is 1. The van der Waals surface area contributed by atoms with Crippen LogP contribution in [0.15, 0.2) is 53.6 Å². The van der Waals surface area contributed by atoms with Crippen molar-refractivity contribution in [1.29, 1.82) is 0 Å². The smallest absolute Gasteiger partial charge is 0.254 e. The Bertz CT molecular complexity index is 1150. The molecule has 2 atom stereocenters. The maximum absolute atomic E-state index is 13.2. The third kappa shape index (κ3) is 2.76. The Kier molecular flexibility index (Phi) is 4.04. The highest BCUT2D eigenvalue weighted by molar-refractivity contribution is 5.95. The lowest BCUT2D eigenvalue weighted by Gasteiger charge is -2.35. The fourth-order valence-corrected chi connectivity index (χ4v) is 4.56. The zero-order chi connectivity index (χ0) is 20.1. The first kappa shape index (κ1) is 17.7. The molecule has 1 amide bonds. The molecule has 148 valence electrons. The van der Waals surface area contributed by atoms with Gasteiger partial charge in [0.1, 0.15) is 5.75 Å². The quantitative estimate of drug-likeness (QED) is 0.689. The Morgan fingerprint density at radius 3 is 2.69 bits per heavy atom. The van der Waals surface area contributed by atoms with Crippen molar-refractivity contribution in [2.75, 3.05) is 7.11 Å². The first-order chi connectivity index (χ1) is 14.1. The van der Waals surface area contributed by atoms with Crippen molar-refractivity contribution in [3.8, 4) is 11.4 Å². The lowest BCUT2D eigenvalue weighted by Crippen LogP contribution is -2.42. The molecular formula is C22H22N4O3. The molecule has 0 aliphatic carbocycles. The molecule has 0 N–H and O–H groups in total. The Morgan fingerprint density at radius 1 is 1.17 bits per heavy atom. The van der Waals surface area contributed by atoms with Crippen molar-refractivity contribution >= 4 is 5.91 Å². The molecule has 29 heavy (non-hydrogen) atoms. The molecule has 7 heteroatoms. The Hall–Kier alpha value is -3.35. The first-order valence-electron chi connectivity index (χ1n) is 9.77. The molecular weight excluding hydrogens is 368 g/mol. The predicted octanol–water partition coefficient (Wildman–Crippen LogP) is 2.48. The third-order valence-electron chi connectivity index (χ3n) is 6.09. The molecule has 2 aliphatic heterocycles. The number of aromatic nitrogens is 3. The van der Waals surface area contributed by atoms with E-state index in [2.05, 4.69) is 5.10 Å². The van der Waals surface area contributed by atoms with E-state index in [0.717, 1.165) is 42.0 Å². The van der Waals surface area contributed by atoms with E-state index in [9.17, 15) is 9.59 Å². The molecule has 1 fully saturated rings. The number of methoxy groups -OCH3 is 1. The zero-order valence-corrected chi connectivity index (χ0v) is 16.4. The zero-order valence-electron chi connectivity index (χ0n) is 16.4. The van der Waals surface area contributed by atoms with Gasteiger partial charge < -0.3 is 14.2 Å². The Morgan fingerprint density at radius 2 is 1.97 bits per heavy atom. The van der Waals surface area contributed by atoms with Crippen molar-refractivity contribution in [2.45, 2.75) is 31.3 Å². The Balaban J connectivity index is 1.49. The van der Waals surface area contributed by atoms with Crippen LogP contribution in [0.1, 0.15) is 40.5 Å². The molecule has 1 saturated heterocycles. The van der Waals surface area contributed by atoms with Gasteiger partial charge in [0.05, 0.1) is 30.7 Å². The van der Waals surface area contributed by atoms with E-state index in [1.54, 1.807) is 26.4 Å². The van der Waals surface area contributed by atoms with Crippen molar-refractivity contribution in [3.05, 3.63) is 76.0 Å². The molecule has 1 aromatic carbocycles. The Labute approximate surface area is 168 Å². The van der Waals surface area contributed by atoms with Crippen LogP contribution in [0.2, 0.25) is 0 Å². The number of amides is 1. The summed E-state index contributed by atoms with van der Waals surface area (Å²) in [5, 5.41) is 4.62. The molecule has 2 aliphatic rings. The molecule has 5 rings (SSSR count). The van der Waals surface area contributed by atoms with Crippen LogP contribution < -0.4 is 10.3 Å². The predicted molar refractivity (Wildman–Crippen MR) is 107 cm³/mol. The molecule has 0 unspecified atom stereocenters. The highest BCUT2D eigenvalue weighted by Crippen LogP contribution is 2.44. The average molecular weight is 390 g/mol. The fourth-order valence-electron chi connectivity index (χ4n) is 4.56. The molecule has 0 saturated carbocycles. The van der Waals surface area contributed by atoms with Crippen LogP contribution in [-0.4, -0.2) is 38.3 Å². The number of fused-ring (bicyclic) bond motifs is 4. The summed E-state index contributed by atoms with van der Waals surface area (Å²) in [6, 6.07) is 11.1. The number of benzene rings is 1. The summed E-state index contributed by atoms with van der Waals surface area (Å²) in [7, 11) is 3.33. The van der Waals surface area contributed by atoms with Gasteiger partial charge in [0.15, 0.2) is 0 Å². The first-order valence-corrected chi connectivity index (χ1v) is 9.77. The minimum atomic E-state index is -0.173. The lowest BCUT2D eigenvalue weighted by molar-refractivity contribution is 0.0644. The average Bonchev–Trinajstić information content (AvgIpc) is 3.30. The highest BCUT2D eigenvalue weighted by atomic mass is 16.5. The van der Waals surface area contributed by atoms with Crippen molar-refractivity contribution in [3.63, 3.8) is 0 Å². The highest BCUT2D eigenvalue weighted by Gasteiger charge is 2.44. The van der Waals surface area contributed by atoms with E-state index in [1.165, 1.54) is 10.6 Å². The van der Waals surface area contributed by atoms with Gasteiger partial charge in [-0.1, -0.05) is 0 Å². The number of aryl methyl sites for hydroxylation is 1. The van der Waals surface area contributed by atoms with E-state index in [4.69, 9.17) is 4.74 Å². The summed E-state index contributed by atoms with van der Waals surface area (Å²) in [4.78, 5) is 27.2. The number of ether oxygens (including phenoxy) is 1. The summed E-state index contributed by atoms with van der Waals surface area (Å²) < 4.78 is 8.69. The van der Waals surface area contributed by atoms with Crippen molar-refractivity contribution in [1.82, 2.24) is 19.2 Å². The van der Waals surface area contributed by atoms with Gasteiger partial charge in [-0.05, 0) is 43.2 Å².